The molecule has 1 aliphatic rings. The Morgan fingerprint density at radius 1 is 1.20 bits per heavy atom. The molecule has 1 aromatic heterocycles. The Labute approximate surface area is 148 Å². The average Bonchev–Trinajstić information content (AvgIpc) is 2.68. The Morgan fingerprint density at radius 3 is 2.52 bits per heavy atom. The summed E-state index contributed by atoms with van der Waals surface area (Å²) < 4.78 is 5.14. The number of benzene rings is 1. The maximum Gasteiger partial charge on any atom is 0.225 e. The Hall–Kier alpha value is -2.63. The Balaban J connectivity index is 1.40. The van der Waals surface area contributed by atoms with E-state index < -0.39 is 0 Å². The molecule has 0 unspecified atom stereocenters. The number of hydrogen-bond donors (Lipinski definition) is 1. The van der Waals surface area contributed by atoms with Crippen LogP contribution >= 0.6 is 0 Å². The molecule has 0 radical (unpaired) electrons. The number of aryl methyl sites for hydroxylation is 1. The molecule has 0 saturated carbocycles. The minimum Gasteiger partial charge on any atom is -0.497 e. The van der Waals surface area contributed by atoms with E-state index in [-0.39, 0.29) is 11.9 Å². The zero-order chi connectivity index (χ0) is 17.5. The lowest BCUT2D eigenvalue weighted by Crippen LogP contribution is -2.45. The summed E-state index contributed by atoms with van der Waals surface area (Å²) >= 11 is 0. The number of piperidine rings is 1. The summed E-state index contributed by atoms with van der Waals surface area (Å²) in [5.41, 5.74) is 1.15. The first-order valence-corrected chi connectivity index (χ1v) is 8.69. The minimum atomic E-state index is 0.116. The molecular formula is C19H24N4O2. The summed E-state index contributed by atoms with van der Waals surface area (Å²) in [4.78, 5) is 22.9. The molecule has 0 atom stereocenters. The molecular weight excluding hydrogens is 316 g/mol. The van der Waals surface area contributed by atoms with Gasteiger partial charge in [-0.25, -0.2) is 9.97 Å². The number of amides is 1. The lowest BCUT2D eigenvalue weighted by Gasteiger charge is -2.32. The van der Waals surface area contributed by atoms with Crippen LogP contribution in [0.2, 0.25) is 0 Å². The Bertz CT molecular complexity index is 668. The summed E-state index contributed by atoms with van der Waals surface area (Å²) in [6, 6.07) is 9.92. The second kappa shape index (κ2) is 8.46. The van der Waals surface area contributed by atoms with E-state index in [1.807, 2.05) is 30.3 Å². The van der Waals surface area contributed by atoms with Crippen LogP contribution in [-0.4, -0.2) is 42.1 Å². The quantitative estimate of drug-likeness (QED) is 0.873. The number of carbonyl (C=O) groups is 1. The summed E-state index contributed by atoms with van der Waals surface area (Å²) in [6.07, 6.45) is 6.62. The minimum absolute atomic E-state index is 0.116. The van der Waals surface area contributed by atoms with Crippen molar-refractivity contribution in [2.24, 2.45) is 0 Å². The van der Waals surface area contributed by atoms with Crippen LogP contribution in [0.15, 0.2) is 42.7 Å². The van der Waals surface area contributed by atoms with Crippen LogP contribution in [0.1, 0.15) is 24.8 Å². The molecule has 1 aromatic carbocycles. The van der Waals surface area contributed by atoms with Crippen molar-refractivity contribution in [1.29, 1.82) is 0 Å². The van der Waals surface area contributed by atoms with Gasteiger partial charge in [-0.2, -0.15) is 0 Å². The fourth-order valence-corrected chi connectivity index (χ4v) is 3.03. The first-order chi connectivity index (χ1) is 12.2. The number of methoxy groups -OCH3 is 1. The molecule has 132 valence electrons. The highest BCUT2D eigenvalue weighted by Crippen LogP contribution is 2.16. The zero-order valence-corrected chi connectivity index (χ0v) is 14.5. The van der Waals surface area contributed by atoms with Gasteiger partial charge in [0.1, 0.15) is 5.75 Å². The van der Waals surface area contributed by atoms with Crippen LogP contribution in [0.5, 0.6) is 5.75 Å². The SMILES string of the molecule is COc1ccc(CCC(=O)NC2CCN(c3ncccn3)CC2)cc1. The summed E-state index contributed by atoms with van der Waals surface area (Å²) in [7, 11) is 1.65. The normalized spacial score (nSPS) is 15.0. The number of nitrogens with zero attached hydrogens (tertiary/aromatic N) is 3. The third-order valence-corrected chi connectivity index (χ3v) is 4.49. The number of aromatic nitrogens is 2. The topological polar surface area (TPSA) is 67.3 Å². The molecule has 2 aromatic rings. The van der Waals surface area contributed by atoms with Gasteiger partial charge in [-0.05, 0) is 43.0 Å². The lowest BCUT2D eigenvalue weighted by atomic mass is 10.0. The standard InChI is InChI=1S/C19H24N4O2/c1-25-17-6-3-15(4-7-17)5-8-18(24)22-16-9-13-23(14-10-16)19-20-11-2-12-21-19/h2-4,6-7,11-12,16H,5,8-10,13-14H2,1H3,(H,22,24). The molecule has 2 heterocycles. The molecule has 0 spiro atoms. The predicted octanol–water partition coefficient (Wildman–Crippen LogP) is 2.20. The maximum absolute atomic E-state index is 12.2. The van der Waals surface area contributed by atoms with Gasteiger partial charge in [0.15, 0.2) is 0 Å². The van der Waals surface area contributed by atoms with Gasteiger partial charge in [-0.1, -0.05) is 12.1 Å². The molecule has 1 fully saturated rings. The van der Waals surface area contributed by atoms with Crippen molar-refractivity contribution in [3.05, 3.63) is 48.3 Å². The van der Waals surface area contributed by atoms with E-state index in [0.717, 1.165) is 49.6 Å². The number of rotatable bonds is 6. The van der Waals surface area contributed by atoms with Gasteiger partial charge in [0.25, 0.3) is 0 Å². The van der Waals surface area contributed by atoms with E-state index in [9.17, 15) is 4.79 Å². The molecule has 1 N–H and O–H groups in total. The van der Waals surface area contributed by atoms with Crippen molar-refractivity contribution in [3.63, 3.8) is 0 Å². The van der Waals surface area contributed by atoms with E-state index in [1.54, 1.807) is 19.5 Å². The molecule has 25 heavy (non-hydrogen) atoms. The highest BCUT2D eigenvalue weighted by Gasteiger charge is 2.21. The van der Waals surface area contributed by atoms with E-state index in [0.29, 0.717) is 6.42 Å². The third-order valence-electron chi connectivity index (χ3n) is 4.49. The number of carbonyl (C=O) groups excluding carboxylic acids is 1. The van der Waals surface area contributed by atoms with Crippen LogP contribution < -0.4 is 15.0 Å². The van der Waals surface area contributed by atoms with Crippen molar-refractivity contribution in [3.8, 4) is 5.75 Å². The number of nitrogens with one attached hydrogen (secondary N) is 1. The van der Waals surface area contributed by atoms with Gasteiger partial charge in [0.05, 0.1) is 7.11 Å². The van der Waals surface area contributed by atoms with Crippen LogP contribution in [0.4, 0.5) is 5.95 Å². The molecule has 1 saturated heterocycles. The number of hydrogen-bond acceptors (Lipinski definition) is 5. The molecule has 1 aliphatic heterocycles. The van der Waals surface area contributed by atoms with Gasteiger partial charge >= 0.3 is 0 Å². The van der Waals surface area contributed by atoms with Gasteiger partial charge in [0.2, 0.25) is 11.9 Å². The van der Waals surface area contributed by atoms with E-state index in [2.05, 4.69) is 20.2 Å². The van der Waals surface area contributed by atoms with Gasteiger partial charge in [-0.15, -0.1) is 0 Å². The van der Waals surface area contributed by atoms with E-state index in [4.69, 9.17) is 4.74 Å². The fraction of sp³-hybridized carbons (Fsp3) is 0.421. The van der Waals surface area contributed by atoms with Gasteiger partial charge < -0.3 is 15.0 Å². The first kappa shape index (κ1) is 17.2. The highest BCUT2D eigenvalue weighted by atomic mass is 16.5. The van der Waals surface area contributed by atoms with Crippen LogP contribution in [0.3, 0.4) is 0 Å². The largest absolute Gasteiger partial charge is 0.497 e. The smallest absolute Gasteiger partial charge is 0.225 e. The van der Waals surface area contributed by atoms with Crippen molar-refractivity contribution < 1.29 is 9.53 Å². The predicted molar refractivity (Wildman–Crippen MR) is 96.7 cm³/mol. The Kier molecular flexibility index (Phi) is 5.82. The zero-order valence-electron chi connectivity index (χ0n) is 14.5. The fourth-order valence-electron chi connectivity index (χ4n) is 3.03. The van der Waals surface area contributed by atoms with Crippen molar-refractivity contribution in [2.45, 2.75) is 31.7 Å². The molecule has 0 aliphatic carbocycles. The Morgan fingerprint density at radius 2 is 1.88 bits per heavy atom. The van der Waals surface area contributed by atoms with Crippen molar-refractivity contribution in [2.75, 3.05) is 25.1 Å². The highest BCUT2D eigenvalue weighted by molar-refractivity contribution is 5.76. The summed E-state index contributed by atoms with van der Waals surface area (Å²) in [6.45, 7) is 1.74. The average molecular weight is 340 g/mol. The summed E-state index contributed by atoms with van der Waals surface area (Å²) in [5.74, 6) is 1.72. The first-order valence-electron chi connectivity index (χ1n) is 8.69. The van der Waals surface area contributed by atoms with E-state index in [1.165, 1.54) is 0 Å². The van der Waals surface area contributed by atoms with Crippen molar-refractivity contribution >= 4 is 11.9 Å². The van der Waals surface area contributed by atoms with Crippen molar-refractivity contribution in [1.82, 2.24) is 15.3 Å². The summed E-state index contributed by atoms with van der Waals surface area (Å²) in [5, 5.41) is 3.15. The molecule has 3 rings (SSSR count). The van der Waals surface area contributed by atoms with Crippen LogP contribution in [-0.2, 0) is 11.2 Å². The van der Waals surface area contributed by atoms with Gasteiger partial charge in [0, 0.05) is 37.9 Å². The van der Waals surface area contributed by atoms with E-state index >= 15 is 0 Å². The third kappa shape index (κ3) is 4.92. The second-order valence-electron chi connectivity index (χ2n) is 6.23. The van der Waals surface area contributed by atoms with Crippen LogP contribution in [0, 0.1) is 0 Å². The number of ether oxygens (including phenoxy) is 1. The molecule has 6 nitrogen and oxygen atoms in total. The molecule has 0 bridgehead atoms. The van der Waals surface area contributed by atoms with Gasteiger partial charge in [-0.3, -0.25) is 4.79 Å². The maximum atomic E-state index is 12.2. The van der Waals surface area contributed by atoms with Crippen LogP contribution in [0.25, 0.3) is 0 Å². The monoisotopic (exact) mass is 340 g/mol. The number of anilines is 1. The molecule has 6 heteroatoms. The molecule has 1 amide bonds. The lowest BCUT2D eigenvalue weighted by molar-refractivity contribution is -0.121. The second-order valence-corrected chi connectivity index (χ2v) is 6.23.